The van der Waals surface area contributed by atoms with E-state index >= 15 is 0 Å². The predicted octanol–water partition coefficient (Wildman–Crippen LogP) is 5.59. The normalized spacial score (nSPS) is 11.0. The molecule has 4 heteroatoms. The summed E-state index contributed by atoms with van der Waals surface area (Å²) in [6.45, 7) is 7.13. The van der Waals surface area contributed by atoms with Crippen molar-refractivity contribution >= 4 is 23.2 Å². The van der Waals surface area contributed by atoms with Gasteiger partial charge in [-0.2, -0.15) is 0 Å². The van der Waals surface area contributed by atoms with Crippen molar-refractivity contribution < 1.29 is 4.74 Å². The first-order chi connectivity index (χ1) is 9.95. The second-order valence-corrected chi connectivity index (χ2v) is 6.16. The van der Waals surface area contributed by atoms with Gasteiger partial charge >= 0.3 is 0 Å². The van der Waals surface area contributed by atoms with Gasteiger partial charge in [-0.05, 0) is 36.2 Å². The second kappa shape index (κ2) is 7.17. The van der Waals surface area contributed by atoms with E-state index in [-0.39, 0.29) is 0 Å². The predicted molar refractivity (Wildman–Crippen MR) is 89.7 cm³/mol. The van der Waals surface area contributed by atoms with Gasteiger partial charge in [0.1, 0.15) is 11.5 Å². The van der Waals surface area contributed by atoms with E-state index in [4.69, 9.17) is 27.9 Å². The molecule has 0 heterocycles. The quantitative estimate of drug-likeness (QED) is 0.774. The summed E-state index contributed by atoms with van der Waals surface area (Å²) in [5.74, 6) is 1.35. The van der Waals surface area contributed by atoms with Crippen molar-refractivity contribution in [1.82, 2.24) is 5.32 Å². The zero-order valence-electron chi connectivity index (χ0n) is 12.4. The Bertz CT molecular complexity index is 626. The van der Waals surface area contributed by atoms with Crippen LogP contribution in [-0.2, 0) is 6.54 Å². The minimum atomic E-state index is 0.464. The molecule has 0 radical (unpaired) electrons. The number of ether oxygens (including phenoxy) is 1. The Morgan fingerprint density at radius 3 is 2.48 bits per heavy atom. The first-order valence-corrected chi connectivity index (χ1v) is 7.67. The zero-order chi connectivity index (χ0) is 15.4. The number of rotatable bonds is 5. The van der Waals surface area contributed by atoms with Crippen LogP contribution in [0, 0.1) is 6.92 Å². The molecule has 0 aliphatic carbocycles. The summed E-state index contributed by atoms with van der Waals surface area (Å²) >= 11 is 12.1. The first-order valence-electron chi connectivity index (χ1n) is 6.91. The van der Waals surface area contributed by atoms with Crippen LogP contribution in [0.3, 0.4) is 0 Å². The van der Waals surface area contributed by atoms with Crippen LogP contribution < -0.4 is 10.1 Å². The lowest BCUT2D eigenvalue weighted by molar-refractivity contribution is 0.478. The maximum atomic E-state index is 6.12. The molecule has 0 aromatic heterocycles. The largest absolute Gasteiger partial charge is 0.455 e. The summed E-state index contributed by atoms with van der Waals surface area (Å²) in [7, 11) is 0. The highest BCUT2D eigenvalue weighted by Gasteiger charge is 2.07. The Kier molecular flexibility index (Phi) is 5.51. The van der Waals surface area contributed by atoms with Crippen LogP contribution in [0.25, 0.3) is 0 Å². The summed E-state index contributed by atoms with van der Waals surface area (Å²) in [5, 5.41) is 4.54. The molecule has 0 saturated heterocycles. The van der Waals surface area contributed by atoms with Crippen molar-refractivity contribution in [2.45, 2.75) is 33.4 Å². The van der Waals surface area contributed by atoms with Gasteiger partial charge in [0, 0.05) is 23.7 Å². The molecule has 0 spiro atoms. The van der Waals surface area contributed by atoms with Crippen molar-refractivity contribution in [1.29, 1.82) is 0 Å². The molecule has 0 amide bonds. The van der Waals surface area contributed by atoms with Gasteiger partial charge in [-0.15, -0.1) is 0 Å². The number of nitrogens with one attached hydrogen (secondary N) is 1. The molecule has 2 aromatic rings. The van der Waals surface area contributed by atoms with Gasteiger partial charge < -0.3 is 10.1 Å². The first kappa shape index (κ1) is 16.2. The highest BCUT2D eigenvalue weighted by Crippen LogP contribution is 2.33. The number of aryl methyl sites for hydroxylation is 1. The molecule has 2 aromatic carbocycles. The van der Waals surface area contributed by atoms with E-state index in [1.54, 1.807) is 18.2 Å². The average Bonchev–Trinajstić information content (AvgIpc) is 2.43. The molecule has 0 saturated carbocycles. The Labute approximate surface area is 136 Å². The molecule has 1 N–H and O–H groups in total. The SMILES string of the molecule is Cc1cc(CNC(C)C)ccc1Oc1cc(Cl)ccc1Cl. The molecule has 0 aliphatic heterocycles. The van der Waals surface area contributed by atoms with E-state index in [0.29, 0.717) is 21.8 Å². The molecule has 0 atom stereocenters. The molecule has 112 valence electrons. The van der Waals surface area contributed by atoms with Gasteiger partial charge in [0.2, 0.25) is 0 Å². The molecule has 0 fully saturated rings. The number of halogens is 2. The molecule has 0 aliphatic rings. The van der Waals surface area contributed by atoms with E-state index in [2.05, 4.69) is 31.3 Å². The minimum absolute atomic E-state index is 0.464. The van der Waals surface area contributed by atoms with Crippen molar-refractivity contribution in [2.75, 3.05) is 0 Å². The summed E-state index contributed by atoms with van der Waals surface area (Å²) in [5.41, 5.74) is 2.29. The molecule has 2 nitrogen and oxygen atoms in total. The van der Waals surface area contributed by atoms with E-state index in [9.17, 15) is 0 Å². The van der Waals surface area contributed by atoms with Gasteiger partial charge in [0.05, 0.1) is 5.02 Å². The molecule has 0 bridgehead atoms. The average molecular weight is 324 g/mol. The van der Waals surface area contributed by atoms with Crippen LogP contribution in [0.4, 0.5) is 0 Å². The summed E-state index contributed by atoms with van der Waals surface area (Å²) < 4.78 is 5.86. The number of hydrogen-bond donors (Lipinski definition) is 1. The third-order valence-corrected chi connectivity index (χ3v) is 3.61. The van der Waals surface area contributed by atoms with Gasteiger partial charge in [-0.1, -0.05) is 49.2 Å². The summed E-state index contributed by atoms with van der Waals surface area (Å²) in [6, 6.07) is 11.8. The fraction of sp³-hybridized carbons (Fsp3) is 0.294. The van der Waals surface area contributed by atoms with Gasteiger partial charge in [-0.25, -0.2) is 0 Å². The standard InChI is InChI=1S/C17H19Cl2NO/c1-11(2)20-10-13-4-7-16(12(3)8-13)21-17-9-14(18)5-6-15(17)19/h4-9,11,20H,10H2,1-3H3. The van der Waals surface area contributed by atoms with E-state index in [0.717, 1.165) is 17.9 Å². The monoisotopic (exact) mass is 323 g/mol. The van der Waals surface area contributed by atoms with Crippen LogP contribution >= 0.6 is 23.2 Å². The van der Waals surface area contributed by atoms with Crippen LogP contribution in [0.2, 0.25) is 10.0 Å². The molecular weight excluding hydrogens is 305 g/mol. The van der Waals surface area contributed by atoms with Crippen molar-refractivity contribution in [2.24, 2.45) is 0 Å². The fourth-order valence-corrected chi connectivity index (χ4v) is 2.25. The maximum Gasteiger partial charge on any atom is 0.147 e. The van der Waals surface area contributed by atoms with Crippen LogP contribution in [0.5, 0.6) is 11.5 Å². The van der Waals surface area contributed by atoms with Crippen LogP contribution in [-0.4, -0.2) is 6.04 Å². The highest BCUT2D eigenvalue weighted by atomic mass is 35.5. The Balaban J connectivity index is 2.15. The van der Waals surface area contributed by atoms with Crippen molar-refractivity contribution in [3.05, 3.63) is 57.6 Å². The van der Waals surface area contributed by atoms with Crippen LogP contribution in [0.1, 0.15) is 25.0 Å². The van der Waals surface area contributed by atoms with Crippen LogP contribution in [0.15, 0.2) is 36.4 Å². The molecule has 0 unspecified atom stereocenters. The van der Waals surface area contributed by atoms with Gasteiger partial charge in [-0.3, -0.25) is 0 Å². The highest BCUT2D eigenvalue weighted by molar-refractivity contribution is 6.34. The minimum Gasteiger partial charge on any atom is -0.455 e. The molecule has 21 heavy (non-hydrogen) atoms. The maximum absolute atomic E-state index is 6.12. The Morgan fingerprint density at radius 1 is 1.05 bits per heavy atom. The van der Waals surface area contributed by atoms with E-state index in [1.807, 2.05) is 13.0 Å². The number of benzene rings is 2. The molecular formula is C17H19Cl2NO. The van der Waals surface area contributed by atoms with E-state index < -0.39 is 0 Å². The third-order valence-electron chi connectivity index (χ3n) is 3.07. The number of hydrogen-bond acceptors (Lipinski definition) is 2. The van der Waals surface area contributed by atoms with Gasteiger partial charge in [0.25, 0.3) is 0 Å². The summed E-state index contributed by atoms with van der Waals surface area (Å²) in [6.07, 6.45) is 0. The third kappa shape index (κ3) is 4.63. The summed E-state index contributed by atoms with van der Waals surface area (Å²) in [4.78, 5) is 0. The molecule has 2 rings (SSSR count). The second-order valence-electron chi connectivity index (χ2n) is 5.31. The lowest BCUT2D eigenvalue weighted by Crippen LogP contribution is -2.21. The van der Waals surface area contributed by atoms with Crippen molar-refractivity contribution in [3.8, 4) is 11.5 Å². The van der Waals surface area contributed by atoms with Gasteiger partial charge in [0.15, 0.2) is 0 Å². The lowest BCUT2D eigenvalue weighted by atomic mass is 10.1. The fourth-order valence-electron chi connectivity index (χ4n) is 1.93. The van der Waals surface area contributed by atoms with Crippen molar-refractivity contribution in [3.63, 3.8) is 0 Å². The zero-order valence-corrected chi connectivity index (χ0v) is 13.9. The lowest BCUT2D eigenvalue weighted by Gasteiger charge is -2.13. The Morgan fingerprint density at radius 2 is 1.81 bits per heavy atom. The van der Waals surface area contributed by atoms with E-state index in [1.165, 1.54) is 5.56 Å². The Hall–Kier alpha value is -1.22. The topological polar surface area (TPSA) is 21.3 Å². The smallest absolute Gasteiger partial charge is 0.147 e.